The van der Waals surface area contributed by atoms with Gasteiger partial charge in [0.1, 0.15) is 0 Å². The number of rotatable bonds is 8. The van der Waals surface area contributed by atoms with Gasteiger partial charge in [-0.25, -0.2) is 0 Å². The zero-order valence-electron chi connectivity index (χ0n) is 16.0. The SMILES string of the molecule is CN(Cc1cnn(C)c1)C(=O)CN(Cc1ccccc1)Cc1ccccc1. The molecule has 5 heteroatoms. The lowest BCUT2D eigenvalue weighted by molar-refractivity contribution is -0.131. The summed E-state index contributed by atoms with van der Waals surface area (Å²) in [5.74, 6) is 0.103. The number of carbonyl (C=O) groups is 1. The minimum absolute atomic E-state index is 0.103. The lowest BCUT2D eigenvalue weighted by Crippen LogP contribution is -2.37. The van der Waals surface area contributed by atoms with Crippen molar-refractivity contribution in [2.75, 3.05) is 13.6 Å². The Kier molecular flexibility index (Phi) is 6.39. The number of hydrogen-bond acceptors (Lipinski definition) is 3. The number of hydrogen-bond donors (Lipinski definition) is 0. The summed E-state index contributed by atoms with van der Waals surface area (Å²) in [5.41, 5.74) is 3.44. The van der Waals surface area contributed by atoms with Gasteiger partial charge >= 0.3 is 0 Å². The summed E-state index contributed by atoms with van der Waals surface area (Å²) in [4.78, 5) is 16.8. The molecule has 0 N–H and O–H groups in total. The van der Waals surface area contributed by atoms with Crippen molar-refractivity contribution in [2.24, 2.45) is 7.05 Å². The van der Waals surface area contributed by atoms with Gasteiger partial charge in [0.05, 0.1) is 12.7 Å². The van der Waals surface area contributed by atoms with Crippen LogP contribution in [0.15, 0.2) is 73.1 Å². The molecule has 3 rings (SSSR count). The van der Waals surface area contributed by atoms with Gasteiger partial charge in [0.15, 0.2) is 0 Å². The second kappa shape index (κ2) is 9.14. The molecule has 3 aromatic rings. The van der Waals surface area contributed by atoms with Gasteiger partial charge in [-0.05, 0) is 11.1 Å². The van der Waals surface area contributed by atoms with E-state index in [1.165, 1.54) is 11.1 Å². The quantitative estimate of drug-likeness (QED) is 0.618. The van der Waals surface area contributed by atoms with Gasteiger partial charge in [0.25, 0.3) is 0 Å². The van der Waals surface area contributed by atoms with Crippen LogP contribution in [0, 0.1) is 0 Å². The number of carbonyl (C=O) groups excluding carboxylic acids is 1. The third kappa shape index (κ3) is 5.79. The third-order valence-electron chi connectivity index (χ3n) is 4.46. The summed E-state index contributed by atoms with van der Waals surface area (Å²) in [5, 5.41) is 4.17. The average molecular weight is 362 g/mol. The first-order chi connectivity index (χ1) is 13.1. The standard InChI is InChI=1S/C22H26N4O/c1-24(14-21-13-23-25(2)15-21)22(27)18-26(16-19-9-5-3-6-10-19)17-20-11-7-4-8-12-20/h3-13,15H,14,16-18H2,1-2H3. The molecule has 5 nitrogen and oxygen atoms in total. The summed E-state index contributed by atoms with van der Waals surface area (Å²) >= 11 is 0. The van der Waals surface area contributed by atoms with Gasteiger partial charge in [-0.3, -0.25) is 14.4 Å². The number of benzene rings is 2. The number of aromatic nitrogens is 2. The highest BCUT2D eigenvalue weighted by Gasteiger charge is 2.16. The first-order valence-corrected chi connectivity index (χ1v) is 9.12. The van der Waals surface area contributed by atoms with Gasteiger partial charge < -0.3 is 4.90 Å². The molecule has 0 atom stereocenters. The molecular weight excluding hydrogens is 336 g/mol. The molecule has 0 radical (unpaired) electrons. The Balaban J connectivity index is 1.66. The van der Waals surface area contributed by atoms with E-state index < -0.39 is 0 Å². The summed E-state index contributed by atoms with van der Waals surface area (Å²) < 4.78 is 1.75. The fourth-order valence-electron chi connectivity index (χ4n) is 3.08. The maximum atomic E-state index is 12.8. The Labute approximate surface area is 160 Å². The Morgan fingerprint density at radius 3 is 1.93 bits per heavy atom. The Bertz CT molecular complexity index is 804. The third-order valence-corrected chi connectivity index (χ3v) is 4.46. The summed E-state index contributed by atoms with van der Waals surface area (Å²) in [6.07, 6.45) is 3.74. The van der Waals surface area contributed by atoms with Gasteiger partial charge in [-0.15, -0.1) is 0 Å². The first kappa shape index (κ1) is 18.9. The van der Waals surface area contributed by atoms with Crippen LogP contribution in [0.2, 0.25) is 0 Å². The van der Waals surface area contributed by atoms with E-state index in [0.717, 1.165) is 18.7 Å². The van der Waals surface area contributed by atoms with Crippen LogP contribution in [0.1, 0.15) is 16.7 Å². The fraction of sp³-hybridized carbons (Fsp3) is 0.273. The van der Waals surface area contributed by atoms with E-state index in [-0.39, 0.29) is 5.91 Å². The van der Waals surface area contributed by atoms with E-state index in [9.17, 15) is 4.79 Å². The highest BCUT2D eigenvalue weighted by molar-refractivity contribution is 5.78. The molecule has 27 heavy (non-hydrogen) atoms. The number of aryl methyl sites for hydroxylation is 1. The van der Waals surface area contributed by atoms with Crippen molar-refractivity contribution in [1.29, 1.82) is 0 Å². The van der Waals surface area contributed by atoms with Crippen molar-refractivity contribution in [2.45, 2.75) is 19.6 Å². The molecule has 140 valence electrons. The molecule has 0 spiro atoms. The van der Waals surface area contributed by atoms with Crippen LogP contribution in [-0.2, 0) is 31.5 Å². The molecule has 0 aliphatic rings. The van der Waals surface area contributed by atoms with Crippen molar-refractivity contribution >= 4 is 5.91 Å². The molecule has 0 saturated carbocycles. The summed E-state index contributed by atoms with van der Waals surface area (Å²) in [7, 11) is 3.73. The fourth-order valence-corrected chi connectivity index (χ4v) is 3.08. The lowest BCUT2D eigenvalue weighted by Gasteiger charge is -2.25. The van der Waals surface area contributed by atoms with Crippen molar-refractivity contribution in [3.8, 4) is 0 Å². The maximum Gasteiger partial charge on any atom is 0.236 e. The molecule has 0 bridgehead atoms. The Morgan fingerprint density at radius 1 is 0.889 bits per heavy atom. The normalized spacial score (nSPS) is 10.9. The Hall–Kier alpha value is -2.92. The second-order valence-corrected chi connectivity index (χ2v) is 6.89. The summed E-state index contributed by atoms with van der Waals surface area (Å²) in [6.45, 7) is 2.42. The van der Waals surface area contributed by atoms with Crippen molar-refractivity contribution in [3.05, 3.63) is 89.7 Å². The molecular formula is C22H26N4O. The van der Waals surface area contributed by atoms with Crippen LogP contribution < -0.4 is 0 Å². The maximum absolute atomic E-state index is 12.8. The topological polar surface area (TPSA) is 41.4 Å². The molecule has 2 aromatic carbocycles. The van der Waals surface area contributed by atoms with E-state index in [1.807, 2.05) is 56.7 Å². The minimum atomic E-state index is 0.103. The second-order valence-electron chi connectivity index (χ2n) is 6.89. The van der Waals surface area contributed by atoms with Crippen LogP contribution in [0.3, 0.4) is 0 Å². The van der Waals surface area contributed by atoms with E-state index in [1.54, 1.807) is 15.8 Å². The van der Waals surface area contributed by atoms with Gasteiger partial charge in [-0.1, -0.05) is 60.7 Å². The van der Waals surface area contributed by atoms with E-state index in [2.05, 4.69) is 34.3 Å². The zero-order chi connectivity index (χ0) is 19.1. The molecule has 0 aliphatic carbocycles. The van der Waals surface area contributed by atoms with Gasteiger partial charge in [-0.2, -0.15) is 5.10 Å². The van der Waals surface area contributed by atoms with Gasteiger partial charge in [0, 0.05) is 45.5 Å². The molecule has 0 unspecified atom stereocenters. The lowest BCUT2D eigenvalue weighted by atomic mass is 10.1. The van der Waals surface area contributed by atoms with Crippen molar-refractivity contribution in [1.82, 2.24) is 19.6 Å². The smallest absolute Gasteiger partial charge is 0.236 e. The number of amides is 1. The molecule has 0 fully saturated rings. The van der Waals surface area contributed by atoms with Gasteiger partial charge in [0.2, 0.25) is 5.91 Å². The highest BCUT2D eigenvalue weighted by Crippen LogP contribution is 2.11. The molecule has 1 aromatic heterocycles. The average Bonchev–Trinajstić information content (AvgIpc) is 3.08. The largest absolute Gasteiger partial charge is 0.340 e. The predicted octanol–water partition coefficient (Wildman–Crippen LogP) is 3.08. The van der Waals surface area contributed by atoms with Crippen LogP contribution in [-0.4, -0.2) is 39.1 Å². The van der Waals surface area contributed by atoms with Crippen LogP contribution >= 0.6 is 0 Å². The molecule has 0 aliphatic heterocycles. The molecule has 1 heterocycles. The van der Waals surface area contributed by atoms with Crippen molar-refractivity contribution in [3.63, 3.8) is 0 Å². The molecule has 1 amide bonds. The van der Waals surface area contributed by atoms with Crippen LogP contribution in [0.5, 0.6) is 0 Å². The number of likely N-dealkylation sites (N-methyl/N-ethyl adjacent to an activating group) is 1. The number of nitrogens with zero attached hydrogens (tertiary/aromatic N) is 4. The zero-order valence-corrected chi connectivity index (χ0v) is 16.0. The summed E-state index contributed by atoms with van der Waals surface area (Å²) in [6, 6.07) is 20.6. The predicted molar refractivity (Wildman–Crippen MR) is 107 cm³/mol. The highest BCUT2D eigenvalue weighted by atomic mass is 16.2. The van der Waals surface area contributed by atoms with Crippen LogP contribution in [0.4, 0.5) is 0 Å². The monoisotopic (exact) mass is 362 g/mol. The van der Waals surface area contributed by atoms with E-state index in [4.69, 9.17) is 0 Å². The van der Waals surface area contributed by atoms with Crippen molar-refractivity contribution < 1.29 is 4.79 Å². The van der Waals surface area contributed by atoms with E-state index >= 15 is 0 Å². The Morgan fingerprint density at radius 2 is 1.44 bits per heavy atom. The van der Waals surface area contributed by atoms with E-state index in [0.29, 0.717) is 13.1 Å². The first-order valence-electron chi connectivity index (χ1n) is 9.12. The molecule has 0 saturated heterocycles. The minimum Gasteiger partial charge on any atom is -0.340 e. The van der Waals surface area contributed by atoms with Crippen LogP contribution in [0.25, 0.3) is 0 Å².